The van der Waals surface area contributed by atoms with Gasteiger partial charge in [0.2, 0.25) is 11.8 Å². The van der Waals surface area contributed by atoms with E-state index >= 15 is 0 Å². The SMILES string of the molecule is CC(=O)N1CCN(C(=O)CCC(=O)O[C@H](C)C(=O)Nc2ccc(C)cc2)CC1. The molecule has 1 aromatic carbocycles. The number of rotatable bonds is 6. The van der Waals surface area contributed by atoms with Gasteiger partial charge < -0.3 is 19.9 Å². The van der Waals surface area contributed by atoms with E-state index in [0.29, 0.717) is 31.9 Å². The Hall–Kier alpha value is -2.90. The van der Waals surface area contributed by atoms with Crippen LogP contribution in [0.3, 0.4) is 0 Å². The van der Waals surface area contributed by atoms with Gasteiger partial charge in [-0.15, -0.1) is 0 Å². The van der Waals surface area contributed by atoms with Crippen molar-refractivity contribution in [3.63, 3.8) is 0 Å². The fourth-order valence-electron chi connectivity index (χ4n) is 2.83. The minimum absolute atomic E-state index is 0.00595. The van der Waals surface area contributed by atoms with E-state index in [0.717, 1.165) is 5.56 Å². The van der Waals surface area contributed by atoms with Gasteiger partial charge in [-0.1, -0.05) is 17.7 Å². The predicted molar refractivity (Wildman–Crippen MR) is 103 cm³/mol. The van der Waals surface area contributed by atoms with Gasteiger partial charge in [-0.3, -0.25) is 19.2 Å². The smallest absolute Gasteiger partial charge is 0.307 e. The number of esters is 1. The molecule has 0 spiro atoms. The summed E-state index contributed by atoms with van der Waals surface area (Å²) in [6.07, 6.45) is -1.03. The first kappa shape index (κ1) is 21.4. The highest BCUT2D eigenvalue weighted by atomic mass is 16.5. The third kappa shape index (κ3) is 6.37. The molecule has 1 aliphatic heterocycles. The molecule has 152 valence electrons. The van der Waals surface area contributed by atoms with Crippen LogP contribution in [0.25, 0.3) is 0 Å². The number of amides is 3. The number of nitrogens with zero attached hydrogens (tertiary/aromatic N) is 2. The first-order valence-electron chi connectivity index (χ1n) is 9.36. The van der Waals surface area contributed by atoms with E-state index in [-0.39, 0.29) is 24.7 Å². The molecule has 1 aromatic rings. The summed E-state index contributed by atoms with van der Waals surface area (Å²) < 4.78 is 5.12. The van der Waals surface area contributed by atoms with Crippen LogP contribution in [0.4, 0.5) is 5.69 Å². The second-order valence-corrected chi connectivity index (χ2v) is 6.87. The standard InChI is InChI=1S/C20H27N3O5/c1-14-4-6-17(7-5-14)21-20(27)15(2)28-19(26)9-8-18(25)23-12-10-22(11-13-23)16(3)24/h4-7,15H,8-13H2,1-3H3,(H,21,27)/t15-/m1/s1. The maximum atomic E-state index is 12.2. The normalized spacial score (nSPS) is 15.0. The third-order valence-corrected chi connectivity index (χ3v) is 4.62. The van der Waals surface area contributed by atoms with Crippen molar-refractivity contribution in [2.75, 3.05) is 31.5 Å². The highest BCUT2D eigenvalue weighted by Gasteiger charge is 2.24. The first-order chi connectivity index (χ1) is 13.3. The van der Waals surface area contributed by atoms with Crippen LogP contribution in [-0.2, 0) is 23.9 Å². The molecule has 1 aliphatic rings. The average molecular weight is 389 g/mol. The summed E-state index contributed by atoms with van der Waals surface area (Å²) >= 11 is 0. The Morgan fingerprint density at radius 3 is 2.14 bits per heavy atom. The quantitative estimate of drug-likeness (QED) is 0.741. The summed E-state index contributed by atoms with van der Waals surface area (Å²) in [6, 6.07) is 7.28. The van der Waals surface area contributed by atoms with E-state index in [4.69, 9.17) is 4.74 Å². The van der Waals surface area contributed by atoms with Gasteiger partial charge in [0.1, 0.15) is 0 Å². The lowest BCUT2D eigenvalue weighted by molar-refractivity contribution is -0.154. The molecule has 2 rings (SSSR count). The number of ether oxygens (including phenoxy) is 1. The second-order valence-electron chi connectivity index (χ2n) is 6.87. The molecule has 1 heterocycles. The van der Waals surface area contributed by atoms with Crippen molar-refractivity contribution in [3.05, 3.63) is 29.8 Å². The van der Waals surface area contributed by atoms with E-state index < -0.39 is 18.0 Å². The lowest BCUT2D eigenvalue weighted by atomic mass is 10.2. The predicted octanol–water partition coefficient (Wildman–Crippen LogP) is 1.34. The lowest BCUT2D eigenvalue weighted by Crippen LogP contribution is -2.50. The number of anilines is 1. The topological polar surface area (TPSA) is 96.0 Å². The lowest BCUT2D eigenvalue weighted by Gasteiger charge is -2.34. The highest BCUT2D eigenvalue weighted by Crippen LogP contribution is 2.11. The van der Waals surface area contributed by atoms with Crippen molar-refractivity contribution in [1.29, 1.82) is 0 Å². The largest absolute Gasteiger partial charge is 0.453 e. The average Bonchev–Trinajstić information content (AvgIpc) is 2.67. The molecule has 0 bridgehead atoms. The van der Waals surface area contributed by atoms with Gasteiger partial charge in [0.05, 0.1) is 6.42 Å². The number of aryl methyl sites for hydroxylation is 1. The molecular formula is C20H27N3O5. The molecule has 28 heavy (non-hydrogen) atoms. The minimum atomic E-state index is -0.956. The van der Waals surface area contributed by atoms with E-state index in [1.165, 1.54) is 13.8 Å². The van der Waals surface area contributed by atoms with Gasteiger partial charge in [0.25, 0.3) is 5.91 Å². The van der Waals surface area contributed by atoms with Gasteiger partial charge in [-0.25, -0.2) is 0 Å². The summed E-state index contributed by atoms with van der Waals surface area (Å²) in [7, 11) is 0. The summed E-state index contributed by atoms with van der Waals surface area (Å²) in [5, 5.41) is 2.68. The van der Waals surface area contributed by atoms with E-state index in [1.807, 2.05) is 19.1 Å². The monoisotopic (exact) mass is 389 g/mol. The zero-order valence-electron chi connectivity index (χ0n) is 16.6. The van der Waals surface area contributed by atoms with Crippen molar-refractivity contribution in [3.8, 4) is 0 Å². The van der Waals surface area contributed by atoms with Crippen molar-refractivity contribution >= 4 is 29.4 Å². The first-order valence-corrected chi connectivity index (χ1v) is 9.36. The van der Waals surface area contributed by atoms with Crippen molar-refractivity contribution in [2.24, 2.45) is 0 Å². The van der Waals surface area contributed by atoms with Crippen LogP contribution < -0.4 is 5.32 Å². The molecule has 0 radical (unpaired) electrons. The molecule has 8 nitrogen and oxygen atoms in total. The number of benzene rings is 1. The zero-order valence-corrected chi connectivity index (χ0v) is 16.6. The molecule has 1 saturated heterocycles. The Labute approximate surface area is 164 Å². The molecule has 1 atom stereocenters. The summed E-state index contributed by atoms with van der Waals surface area (Å²) in [4.78, 5) is 50.9. The molecule has 0 unspecified atom stereocenters. The second kappa shape index (κ2) is 9.87. The molecular weight excluding hydrogens is 362 g/mol. The van der Waals surface area contributed by atoms with Gasteiger partial charge >= 0.3 is 5.97 Å². The fourth-order valence-corrected chi connectivity index (χ4v) is 2.83. The zero-order chi connectivity index (χ0) is 20.7. The number of carbonyl (C=O) groups excluding carboxylic acids is 4. The van der Waals surface area contributed by atoms with Crippen LogP contribution in [0.5, 0.6) is 0 Å². The van der Waals surface area contributed by atoms with Crippen molar-refractivity contribution < 1.29 is 23.9 Å². The van der Waals surface area contributed by atoms with Crippen molar-refractivity contribution in [2.45, 2.75) is 39.7 Å². The third-order valence-electron chi connectivity index (χ3n) is 4.62. The number of hydrogen-bond donors (Lipinski definition) is 1. The Morgan fingerprint density at radius 2 is 1.57 bits per heavy atom. The molecule has 3 amide bonds. The summed E-state index contributed by atoms with van der Waals surface area (Å²) in [6.45, 7) is 6.86. The van der Waals surface area contributed by atoms with E-state index in [9.17, 15) is 19.2 Å². The Morgan fingerprint density at radius 1 is 1.00 bits per heavy atom. The molecule has 1 N–H and O–H groups in total. The van der Waals surface area contributed by atoms with E-state index in [1.54, 1.807) is 21.9 Å². The summed E-state index contributed by atoms with van der Waals surface area (Å²) in [5.41, 5.74) is 1.70. The molecule has 0 saturated carbocycles. The Kier molecular flexibility index (Phi) is 7.54. The van der Waals surface area contributed by atoms with Crippen LogP contribution in [-0.4, -0.2) is 65.8 Å². The molecule has 0 aliphatic carbocycles. The van der Waals surface area contributed by atoms with Gasteiger partial charge in [-0.2, -0.15) is 0 Å². The minimum Gasteiger partial charge on any atom is -0.453 e. The Bertz CT molecular complexity index is 724. The van der Waals surface area contributed by atoms with Crippen LogP contribution in [0.1, 0.15) is 32.3 Å². The van der Waals surface area contributed by atoms with Crippen molar-refractivity contribution in [1.82, 2.24) is 9.80 Å². The number of carbonyl (C=O) groups is 4. The summed E-state index contributed by atoms with van der Waals surface area (Å²) in [5.74, 6) is -1.18. The van der Waals surface area contributed by atoms with Crippen LogP contribution in [0.2, 0.25) is 0 Å². The maximum Gasteiger partial charge on any atom is 0.307 e. The Balaban J connectivity index is 1.71. The van der Waals surface area contributed by atoms with Gasteiger partial charge in [0, 0.05) is 45.2 Å². The fraction of sp³-hybridized carbons (Fsp3) is 0.500. The maximum absolute atomic E-state index is 12.2. The van der Waals surface area contributed by atoms with Crippen LogP contribution in [0.15, 0.2) is 24.3 Å². The van der Waals surface area contributed by atoms with Crippen LogP contribution in [0, 0.1) is 6.92 Å². The molecule has 8 heteroatoms. The number of nitrogens with one attached hydrogen (secondary N) is 1. The molecule has 1 fully saturated rings. The van der Waals surface area contributed by atoms with E-state index in [2.05, 4.69) is 5.32 Å². The van der Waals surface area contributed by atoms with Gasteiger partial charge in [0.15, 0.2) is 6.10 Å². The number of piperazine rings is 1. The number of hydrogen-bond acceptors (Lipinski definition) is 5. The highest BCUT2D eigenvalue weighted by molar-refractivity contribution is 5.95. The molecule has 0 aromatic heterocycles. The van der Waals surface area contributed by atoms with Crippen LogP contribution >= 0.6 is 0 Å². The van der Waals surface area contributed by atoms with Gasteiger partial charge in [-0.05, 0) is 26.0 Å².